The molecule has 0 N–H and O–H groups in total. The standard InChI is InChI=1S/C26H31Cl2N5O3/c1-26(2,3)36-25(34)32-14-17-13-18(27)9-12-20(17)33-22(15-32)30-31-24(33)16-7-10-19(11-8-16)35-23-6-4-5-21(28)29-23/h4-6,9,12-13,16-17,19-20H,7-8,10-11,14-15H2,1-3H3. The van der Waals surface area contributed by atoms with Gasteiger partial charge in [-0.25, -0.2) is 9.78 Å². The summed E-state index contributed by atoms with van der Waals surface area (Å²) in [4.78, 5) is 19.0. The highest BCUT2D eigenvalue weighted by Gasteiger charge is 2.38. The van der Waals surface area contributed by atoms with Gasteiger partial charge in [0, 0.05) is 29.5 Å². The predicted molar refractivity (Wildman–Crippen MR) is 137 cm³/mol. The van der Waals surface area contributed by atoms with Crippen LogP contribution < -0.4 is 4.74 Å². The van der Waals surface area contributed by atoms with Crippen molar-refractivity contribution < 1.29 is 14.3 Å². The maximum atomic E-state index is 13.0. The first-order valence-corrected chi connectivity index (χ1v) is 13.2. The average Bonchev–Trinajstić information content (AvgIpc) is 3.14. The molecule has 0 spiro atoms. The zero-order chi connectivity index (χ0) is 25.4. The molecule has 1 aliphatic heterocycles. The summed E-state index contributed by atoms with van der Waals surface area (Å²) in [6.07, 6.45) is 9.40. The number of ether oxygens (including phenoxy) is 2. The normalized spacial score (nSPS) is 25.9. The Morgan fingerprint density at radius 3 is 2.61 bits per heavy atom. The monoisotopic (exact) mass is 531 g/mol. The molecule has 10 heteroatoms. The van der Waals surface area contributed by atoms with Gasteiger partial charge in [0.05, 0.1) is 12.6 Å². The van der Waals surface area contributed by atoms with Crippen molar-refractivity contribution in [2.24, 2.45) is 5.92 Å². The molecule has 5 rings (SSSR count). The van der Waals surface area contributed by atoms with Crippen molar-refractivity contribution in [3.8, 4) is 5.88 Å². The van der Waals surface area contributed by atoms with E-state index in [4.69, 9.17) is 32.7 Å². The number of hydrogen-bond acceptors (Lipinski definition) is 6. The van der Waals surface area contributed by atoms with Crippen LogP contribution >= 0.6 is 23.2 Å². The zero-order valence-electron chi connectivity index (χ0n) is 20.7. The van der Waals surface area contributed by atoms with Gasteiger partial charge in [-0.15, -0.1) is 10.2 Å². The molecule has 3 heterocycles. The third-order valence-corrected chi connectivity index (χ3v) is 7.25. The second kappa shape index (κ2) is 10.1. The SMILES string of the molecule is CC(C)(C)OC(=O)N1Cc2nnc(C3CCC(Oc4cccc(Cl)n4)CC3)n2C2C=CC(Cl)=CC2C1. The van der Waals surface area contributed by atoms with Crippen LogP contribution in [0.3, 0.4) is 0 Å². The van der Waals surface area contributed by atoms with Gasteiger partial charge in [-0.1, -0.05) is 41.4 Å². The van der Waals surface area contributed by atoms with Gasteiger partial charge in [-0.2, -0.15) is 0 Å². The van der Waals surface area contributed by atoms with Gasteiger partial charge in [0.25, 0.3) is 0 Å². The number of amides is 1. The van der Waals surface area contributed by atoms with Crippen molar-refractivity contribution in [1.82, 2.24) is 24.6 Å². The van der Waals surface area contributed by atoms with Crippen LogP contribution in [0, 0.1) is 5.92 Å². The number of fused-ring (bicyclic) bond motifs is 3. The van der Waals surface area contributed by atoms with E-state index in [1.165, 1.54) is 0 Å². The van der Waals surface area contributed by atoms with Crippen molar-refractivity contribution in [3.05, 3.63) is 58.3 Å². The minimum absolute atomic E-state index is 0.000376. The third-order valence-electron chi connectivity index (χ3n) is 6.79. The fourth-order valence-corrected chi connectivity index (χ4v) is 5.59. The van der Waals surface area contributed by atoms with Gasteiger partial charge < -0.3 is 14.0 Å². The van der Waals surface area contributed by atoms with Gasteiger partial charge in [-0.05, 0) is 58.6 Å². The Morgan fingerprint density at radius 2 is 1.89 bits per heavy atom. The molecule has 1 fully saturated rings. The zero-order valence-corrected chi connectivity index (χ0v) is 22.2. The Balaban J connectivity index is 1.35. The number of allylic oxidation sites excluding steroid dienone is 3. The number of pyridine rings is 1. The molecule has 2 aromatic rings. The van der Waals surface area contributed by atoms with Crippen molar-refractivity contribution in [2.75, 3.05) is 6.54 Å². The summed E-state index contributed by atoms with van der Waals surface area (Å²) < 4.78 is 14.0. The van der Waals surface area contributed by atoms with E-state index in [0.717, 1.165) is 37.3 Å². The van der Waals surface area contributed by atoms with Gasteiger partial charge in [0.15, 0.2) is 5.82 Å². The number of hydrogen-bond donors (Lipinski definition) is 0. The number of nitrogens with zero attached hydrogens (tertiary/aromatic N) is 5. The van der Waals surface area contributed by atoms with Gasteiger partial charge in [-0.3, -0.25) is 4.90 Å². The van der Waals surface area contributed by atoms with E-state index in [1.54, 1.807) is 11.0 Å². The van der Waals surface area contributed by atoms with Crippen LogP contribution in [0.5, 0.6) is 5.88 Å². The molecule has 3 aliphatic rings. The van der Waals surface area contributed by atoms with Crippen LogP contribution in [0.15, 0.2) is 41.5 Å². The summed E-state index contributed by atoms with van der Waals surface area (Å²) in [6, 6.07) is 5.41. The molecule has 1 amide bonds. The van der Waals surface area contributed by atoms with Crippen LogP contribution in [-0.4, -0.2) is 49.0 Å². The molecule has 0 aromatic carbocycles. The number of aromatic nitrogens is 4. The first kappa shape index (κ1) is 25.1. The van der Waals surface area contributed by atoms with E-state index in [9.17, 15) is 4.79 Å². The van der Waals surface area contributed by atoms with E-state index in [0.29, 0.717) is 29.2 Å². The maximum Gasteiger partial charge on any atom is 0.410 e. The van der Waals surface area contributed by atoms with Crippen molar-refractivity contribution in [2.45, 2.75) is 76.7 Å². The highest BCUT2D eigenvalue weighted by molar-refractivity contribution is 6.31. The van der Waals surface area contributed by atoms with Crippen LogP contribution in [-0.2, 0) is 11.3 Å². The first-order valence-electron chi connectivity index (χ1n) is 12.4. The van der Waals surface area contributed by atoms with Gasteiger partial charge in [0.2, 0.25) is 5.88 Å². The smallest absolute Gasteiger partial charge is 0.410 e. The largest absolute Gasteiger partial charge is 0.474 e. The molecule has 0 bridgehead atoms. The van der Waals surface area contributed by atoms with E-state index in [2.05, 4.69) is 25.8 Å². The lowest BCUT2D eigenvalue weighted by Gasteiger charge is -2.32. The molecule has 0 saturated heterocycles. The van der Waals surface area contributed by atoms with Crippen molar-refractivity contribution >= 4 is 29.3 Å². The maximum absolute atomic E-state index is 13.0. The molecule has 8 nitrogen and oxygen atoms in total. The lowest BCUT2D eigenvalue weighted by atomic mass is 9.86. The summed E-state index contributed by atoms with van der Waals surface area (Å²) in [5.41, 5.74) is -0.580. The summed E-state index contributed by atoms with van der Waals surface area (Å²) in [7, 11) is 0. The Labute approximate surface area is 221 Å². The lowest BCUT2D eigenvalue weighted by Crippen LogP contribution is -2.38. The molecule has 2 aromatic heterocycles. The molecule has 2 aliphatic carbocycles. The lowest BCUT2D eigenvalue weighted by molar-refractivity contribution is 0.0216. The van der Waals surface area contributed by atoms with Gasteiger partial charge >= 0.3 is 6.09 Å². The molecule has 2 atom stereocenters. The Kier molecular flexibility index (Phi) is 7.01. The Hall–Kier alpha value is -2.58. The topological polar surface area (TPSA) is 82.4 Å². The van der Waals surface area contributed by atoms with E-state index >= 15 is 0 Å². The fourth-order valence-electron chi connectivity index (χ4n) is 5.20. The first-order chi connectivity index (χ1) is 17.2. The number of rotatable bonds is 3. The summed E-state index contributed by atoms with van der Waals surface area (Å²) in [6.45, 7) is 6.45. The van der Waals surface area contributed by atoms with Crippen LogP contribution in [0.4, 0.5) is 4.79 Å². The fraction of sp³-hybridized carbons (Fsp3) is 0.538. The van der Waals surface area contributed by atoms with Crippen LogP contribution in [0.25, 0.3) is 0 Å². The van der Waals surface area contributed by atoms with Crippen LogP contribution in [0.2, 0.25) is 5.15 Å². The van der Waals surface area contributed by atoms with E-state index < -0.39 is 5.60 Å². The van der Waals surface area contributed by atoms with Crippen molar-refractivity contribution in [3.63, 3.8) is 0 Å². The second-order valence-electron chi connectivity index (χ2n) is 10.7. The number of carbonyl (C=O) groups is 1. The predicted octanol–water partition coefficient (Wildman–Crippen LogP) is 6.03. The van der Waals surface area contributed by atoms with E-state index in [-0.39, 0.29) is 30.1 Å². The van der Waals surface area contributed by atoms with Gasteiger partial charge in [0.1, 0.15) is 22.7 Å². The molecule has 2 unspecified atom stereocenters. The van der Waals surface area contributed by atoms with Crippen molar-refractivity contribution in [1.29, 1.82) is 0 Å². The average molecular weight is 532 g/mol. The molecule has 36 heavy (non-hydrogen) atoms. The molecule has 1 saturated carbocycles. The molecule has 192 valence electrons. The number of carbonyl (C=O) groups excluding carboxylic acids is 1. The number of halogens is 2. The molecular weight excluding hydrogens is 501 g/mol. The van der Waals surface area contributed by atoms with E-state index in [1.807, 2.05) is 45.1 Å². The highest BCUT2D eigenvalue weighted by Crippen LogP contribution is 2.40. The second-order valence-corrected chi connectivity index (χ2v) is 11.5. The van der Waals surface area contributed by atoms with Crippen LogP contribution in [0.1, 0.15) is 70.1 Å². The minimum atomic E-state index is -0.580. The Morgan fingerprint density at radius 1 is 1.11 bits per heavy atom. The highest BCUT2D eigenvalue weighted by atomic mass is 35.5. The minimum Gasteiger partial charge on any atom is -0.474 e. The summed E-state index contributed by atoms with van der Waals surface area (Å²) >= 11 is 12.4. The Bertz CT molecular complexity index is 1180. The quantitative estimate of drug-likeness (QED) is 0.449. The molecular formula is C26H31Cl2N5O3. The summed E-state index contributed by atoms with van der Waals surface area (Å²) in [5.74, 6) is 2.53. The molecule has 0 radical (unpaired) electrons. The summed E-state index contributed by atoms with van der Waals surface area (Å²) in [5, 5.41) is 10.3. The third kappa shape index (κ3) is 5.54.